The van der Waals surface area contributed by atoms with Crippen LogP contribution in [0.5, 0.6) is 5.75 Å². The first-order valence-electron chi connectivity index (χ1n) is 4.85. The van der Waals surface area contributed by atoms with Gasteiger partial charge in [0.2, 0.25) is 5.91 Å². The molecular weight excluding hydrogens is 228 g/mol. The van der Waals surface area contributed by atoms with E-state index in [0.29, 0.717) is 17.3 Å². The van der Waals surface area contributed by atoms with Crippen LogP contribution in [0.25, 0.3) is 0 Å². The Morgan fingerprint density at radius 1 is 1.56 bits per heavy atom. The molecule has 1 rings (SSSR count). The zero-order valence-electron chi connectivity index (χ0n) is 9.37. The number of nitrogens with zero attached hydrogens (tertiary/aromatic N) is 1. The number of hydrogen-bond donors (Lipinski definition) is 1. The lowest BCUT2D eigenvalue weighted by molar-refractivity contribution is -0.128. The maximum absolute atomic E-state index is 11.3. The van der Waals surface area contributed by atoms with E-state index in [9.17, 15) is 4.79 Å². The second-order valence-electron chi connectivity index (χ2n) is 3.41. The van der Waals surface area contributed by atoms with E-state index >= 15 is 0 Å². The standard InChI is InChI=1S/C11H15ClN2O2/c1-14(11(15)6-13)7-8-5-9(12)3-4-10(8)16-2/h3-5H,6-7,13H2,1-2H3. The summed E-state index contributed by atoms with van der Waals surface area (Å²) >= 11 is 5.89. The third-order valence-corrected chi connectivity index (χ3v) is 2.49. The van der Waals surface area contributed by atoms with Gasteiger partial charge >= 0.3 is 0 Å². The molecule has 0 saturated carbocycles. The molecule has 0 radical (unpaired) electrons. The Morgan fingerprint density at radius 3 is 2.81 bits per heavy atom. The lowest BCUT2D eigenvalue weighted by atomic mass is 10.2. The Morgan fingerprint density at radius 2 is 2.25 bits per heavy atom. The number of hydrogen-bond acceptors (Lipinski definition) is 3. The summed E-state index contributed by atoms with van der Waals surface area (Å²) in [6.07, 6.45) is 0. The van der Waals surface area contributed by atoms with Crippen LogP contribution in [-0.4, -0.2) is 31.5 Å². The Balaban J connectivity index is 2.86. The van der Waals surface area contributed by atoms with Gasteiger partial charge in [0.15, 0.2) is 0 Å². The van der Waals surface area contributed by atoms with Crippen molar-refractivity contribution in [1.29, 1.82) is 0 Å². The summed E-state index contributed by atoms with van der Waals surface area (Å²) in [7, 11) is 3.27. The molecular formula is C11H15ClN2O2. The van der Waals surface area contributed by atoms with Gasteiger partial charge in [0.25, 0.3) is 0 Å². The minimum absolute atomic E-state index is 0.000614. The van der Waals surface area contributed by atoms with Gasteiger partial charge in [0.1, 0.15) is 5.75 Å². The van der Waals surface area contributed by atoms with Crippen molar-refractivity contribution in [3.05, 3.63) is 28.8 Å². The second kappa shape index (κ2) is 5.72. The van der Waals surface area contributed by atoms with E-state index in [0.717, 1.165) is 5.56 Å². The maximum atomic E-state index is 11.3. The minimum Gasteiger partial charge on any atom is -0.496 e. The number of amides is 1. The zero-order valence-corrected chi connectivity index (χ0v) is 10.1. The predicted molar refractivity (Wildman–Crippen MR) is 63.5 cm³/mol. The van der Waals surface area contributed by atoms with Crippen molar-refractivity contribution in [2.45, 2.75) is 6.54 Å². The van der Waals surface area contributed by atoms with Crippen LogP contribution in [0.3, 0.4) is 0 Å². The Kier molecular flexibility index (Phi) is 4.58. The van der Waals surface area contributed by atoms with Gasteiger partial charge < -0.3 is 15.4 Å². The molecule has 0 spiro atoms. The number of carbonyl (C=O) groups excluding carboxylic acids is 1. The van der Waals surface area contributed by atoms with Gasteiger partial charge in [-0.05, 0) is 18.2 Å². The Bertz CT molecular complexity index is 382. The van der Waals surface area contributed by atoms with Crippen molar-refractivity contribution in [3.8, 4) is 5.75 Å². The lowest BCUT2D eigenvalue weighted by Crippen LogP contribution is -2.32. The topological polar surface area (TPSA) is 55.6 Å². The first-order chi connectivity index (χ1) is 7.58. The van der Waals surface area contributed by atoms with Crippen LogP contribution in [0.2, 0.25) is 5.02 Å². The third-order valence-electron chi connectivity index (χ3n) is 2.25. The van der Waals surface area contributed by atoms with E-state index in [2.05, 4.69) is 0 Å². The van der Waals surface area contributed by atoms with Crippen molar-refractivity contribution < 1.29 is 9.53 Å². The van der Waals surface area contributed by atoms with Crippen LogP contribution in [0, 0.1) is 0 Å². The van der Waals surface area contributed by atoms with Crippen LogP contribution in [0.4, 0.5) is 0 Å². The summed E-state index contributed by atoms with van der Waals surface area (Å²) in [5.41, 5.74) is 6.14. The van der Waals surface area contributed by atoms with Crippen LogP contribution < -0.4 is 10.5 Å². The number of ether oxygens (including phenoxy) is 1. The van der Waals surface area contributed by atoms with Crippen LogP contribution >= 0.6 is 11.6 Å². The summed E-state index contributed by atoms with van der Waals surface area (Å²) in [4.78, 5) is 12.9. The number of methoxy groups -OCH3 is 1. The van der Waals surface area contributed by atoms with E-state index in [1.54, 1.807) is 32.4 Å². The molecule has 0 heterocycles. The largest absolute Gasteiger partial charge is 0.496 e. The van der Waals surface area contributed by atoms with Crippen LogP contribution in [0.1, 0.15) is 5.56 Å². The number of rotatable bonds is 4. The fraction of sp³-hybridized carbons (Fsp3) is 0.364. The molecule has 4 nitrogen and oxygen atoms in total. The molecule has 88 valence electrons. The molecule has 0 aromatic heterocycles. The van der Waals surface area contributed by atoms with Crippen LogP contribution in [-0.2, 0) is 11.3 Å². The molecule has 0 bridgehead atoms. The van der Waals surface area contributed by atoms with E-state index in [1.807, 2.05) is 0 Å². The quantitative estimate of drug-likeness (QED) is 0.865. The molecule has 2 N–H and O–H groups in total. The highest BCUT2D eigenvalue weighted by molar-refractivity contribution is 6.30. The summed E-state index contributed by atoms with van der Waals surface area (Å²) < 4.78 is 5.19. The Labute approximate surface area is 99.9 Å². The van der Waals surface area contributed by atoms with Crippen molar-refractivity contribution in [3.63, 3.8) is 0 Å². The molecule has 0 fully saturated rings. The first-order valence-corrected chi connectivity index (χ1v) is 5.22. The summed E-state index contributed by atoms with van der Waals surface area (Å²) in [5, 5.41) is 0.615. The number of likely N-dealkylation sites (N-methyl/N-ethyl adjacent to an activating group) is 1. The fourth-order valence-corrected chi connectivity index (χ4v) is 1.56. The molecule has 1 amide bonds. The molecule has 0 aliphatic heterocycles. The second-order valence-corrected chi connectivity index (χ2v) is 3.85. The average Bonchev–Trinajstić information content (AvgIpc) is 2.28. The van der Waals surface area contributed by atoms with Crippen LogP contribution in [0.15, 0.2) is 18.2 Å². The van der Waals surface area contributed by atoms with E-state index in [-0.39, 0.29) is 12.5 Å². The van der Waals surface area contributed by atoms with E-state index in [4.69, 9.17) is 22.1 Å². The Hall–Kier alpha value is -1.26. The van der Waals surface area contributed by atoms with E-state index in [1.165, 1.54) is 4.90 Å². The SMILES string of the molecule is COc1ccc(Cl)cc1CN(C)C(=O)CN. The van der Waals surface area contributed by atoms with Gasteiger partial charge in [-0.1, -0.05) is 11.6 Å². The number of carbonyl (C=O) groups is 1. The smallest absolute Gasteiger partial charge is 0.236 e. The number of halogens is 1. The monoisotopic (exact) mass is 242 g/mol. The molecule has 0 atom stereocenters. The normalized spacial score (nSPS) is 10.0. The number of benzene rings is 1. The van der Waals surface area contributed by atoms with E-state index < -0.39 is 0 Å². The fourth-order valence-electron chi connectivity index (χ4n) is 1.37. The highest BCUT2D eigenvalue weighted by Crippen LogP contribution is 2.23. The van der Waals surface area contributed by atoms with Crippen molar-refractivity contribution >= 4 is 17.5 Å². The first kappa shape index (κ1) is 12.8. The summed E-state index contributed by atoms with van der Waals surface area (Å²) in [5.74, 6) is 0.586. The number of nitrogens with two attached hydrogens (primary N) is 1. The van der Waals surface area contributed by atoms with Gasteiger partial charge in [-0.15, -0.1) is 0 Å². The molecule has 0 aliphatic carbocycles. The molecule has 0 aliphatic rings. The maximum Gasteiger partial charge on any atom is 0.236 e. The molecule has 1 aromatic rings. The zero-order chi connectivity index (χ0) is 12.1. The third kappa shape index (κ3) is 3.12. The van der Waals surface area contributed by atoms with Gasteiger partial charge in [0.05, 0.1) is 13.7 Å². The minimum atomic E-state index is -0.123. The lowest BCUT2D eigenvalue weighted by Gasteiger charge is -2.18. The predicted octanol–water partition coefficient (Wildman–Crippen LogP) is 1.27. The molecule has 5 heteroatoms. The van der Waals surface area contributed by atoms with Crippen molar-refractivity contribution in [2.24, 2.45) is 5.73 Å². The summed E-state index contributed by atoms with van der Waals surface area (Å²) in [6.45, 7) is 0.430. The van der Waals surface area contributed by atoms with Gasteiger partial charge in [-0.25, -0.2) is 0 Å². The van der Waals surface area contributed by atoms with Crippen molar-refractivity contribution in [2.75, 3.05) is 20.7 Å². The highest BCUT2D eigenvalue weighted by Gasteiger charge is 2.10. The van der Waals surface area contributed by atoms with Gasteiger partial charge in [0, 0.05) is 24.2 Å². The molecule has 16 heavy (non-hydrogen) atoms. The highest BCUT2D eigenvalue weighted by atomic mass is 35.5. The summed E-state index contributed by atoms with van der Waals surface area (Å²) in [6, 6.07) is 5.30. The molecule has 0 unspecified atom stereocenters. The average molecular weight is 243 g/mol. The molecule has 1 aromatic carbocycles. The molecule has 0 saturated heterocycles. The van der Waals surface area contributed by atoms with Gasteiger partial charge in [-0.3, -0.25) is 4.79 Å². The van der Waals surface area contributed by atoms with Crippen molar-refractivity contribution in [1.82, 2.24) is 4.90 Å². The van der Waals surface area contributed by atoms with Gasteiger partial charge in [-0.2, -0.15) is 0 Å².